The summed E-state index contributed by atoms with van der Waals surface area (Å²) in [6.07, 6.45) is 7.07. The zero-order chi connectivity index (χ0) is 21.4. The molecule has 1 fully saturated rings. The van der Waals surface area contributed by atoms with Crippen molar-refractivity contribution in [3.8, 4) is 5.88 Å². The molecule has 2 N–H and O–H groups in total. The van der Waals surface area contributed by atoms with Gasteiger partial charge >= 0.3 is 5.69 Å². The number of hydrogen-bond donors (Lipinski definition) is 2. The molecule has 3 aromatic rings. The summed E-state index contributed by atoms with van der Waals surface area (Å²) in [6.45, 7) is 7.54. The largest absolute Gasteiger partial charge is 0.478 e. The second kappa shape index (κ2) is 7.96. The zero-order valence-electron chi connectivity index (χ0n) is 17.4. The maximum absolute atomic E-state index is 13.1. The van der Waals surface area contributed by atoms with E-state index in [2.05, 4.69) is 22.0 Å². The van der Waals surface area contributed by atoms with Crippen molar-refractivity contribution in [2.24, 2.45) is 13.0 Å². The minimum Gasteiger partial charge on any atom is -0.478 e. The molecule has 2 atom stereocenters. The Kier molecular flexibility index (Phi) is 5.35. The number of aliphatic hydroxyl groups is 1. The third kappa shape index (κ3) is 3.59. The van der Waals surface area contributed by atoms with Gasteiger partial charge in [0.25, 0.3) is 5.88 Å². The number of ether oxygens (including phenoxy) is 1. The van der Waals surface area contributed by atoms with Gasteiger partial charge in [0.05, 0.1) is 19.0 Å². The number of likely N-dealkylation sites (tertiary alicyclic amines) is 1. The fraction of sp³-hybridized carbons (Fsp3) is 0.450. The normalized spacial score (nSPS) is 18.1. The molecule has 2 unspecified atom stereocenters. The van der Waals surface area contributed by atoms with Gasteiger partial charge < -0.3 is 15.2 Å². The highest BCUT2D eigenvalue weighted by Crippen LogP contribution is 2.28. The van der Waals surface area contributed by atoms with Gasteiger partial charge in [0.1, 0.15) is 11.9 Å². The van der Waals surface area contributed by atoms with Crippen molar-refractivity contribution in [2.75, 3.05) is 25.5 Å². The first-order valence-corrected chi connectivity index (χ1v) is 9.88. The van der Waals surface area contributed by atoms with Gasteiger partial charge in [0.2, 0.25) is 0 Å². The fourth-order valence-electron chi connectivity index (χ4n) is 4.01. The molecule has 1 aliphatic rings. The van der Waals surface area contributed by atoms with Crippen molar-refractivity contribution in [3.05, 3.63) is 47.4 Å². The molecule has 1 saturated heterocycles. The summed E-state index contributed by atoms with van der Waals surface area (Å²) in [5.74, 6) is 0.709. The van der Waals surface area contributed by atoms with Crippen molar-refractivity contribution in [1.29, 1.82) is 0 Å². The Labute approximate surface area is 174 Å². The van der Waals surface area contributed by atoms with Gasteiger partial charge in [0, 0.05) is 44.8 Å². The third-order valence-corrected chi connectivity index (χ3v) is 5.52. The van der Waals surface area contributed by atoms with Gasteiger partial charge in [-0.3, -0.25) is 14.1 Å². The molecule has 10 heteroatoms. The van der Waals surface area contributed by atoms with Crippen LogP contribution in [0.25, 0.3) is 5.65 Å². The molecule has 0 saturated carbocycles. The van der Waals surface area contributed by atoms with Crippen LogP contribution in [0.2, 0.25) is 0 Å². The molecule has 0 amide bonds. The first kappa shape index (κ1) is 20.2. The molecule has 3 aromatic heterocycles. The second-order valence-corrected chi connectivity index (χ2v) is 7.69. The van der Waals surface area contributed by atoms with Crippen LogP contribution in [0.5, 0.6) is 5.88 Å². The molecule has 0 aliphatic carbocycles. The summed E-state index contributed by atoms with van der Waals surface area (Å²) >= 11 is 0. The summed E-state index contributed by atoms with van der Waals surface area (Å²) in [5, 5.41) is 17.6. The van der Waals surface area contributed by atoms with Crippen molar-refractivity contribution < 1.29 is 9.84 Å². The Morgan fingerprint density at radius 3 is 2.97 bits per heavy atom. The van der Waals surface area contributed by atoms with E-state index in [0.717, 1.165) is 18.7 Å². The van der Waals surface area contributed by atoms with E-state index in [-0.39, 0.29) is 11.6 Å². The predicted octanol–water partition coefficient (Wildman–Crippen LogP) is 1.12. The van der Waals surface area contributed by atoms with E-state index >= 15 is 0 Å². The molecule has 0 bridgehead atoms. The monoisotopic (exact) mass is 413 g/mol. The number of aliphatic hydroxyl groups excluding tert-OH is 1. The minimum atomic E-state index is -0.652. The van der Waals surface area contributed by atoms with Crippen molar-refractivity contribution in [1.82, 2.24) is 28.6 Å². The summed E-state index contributed by atoms with van der Waals surface area (Å²) in [6, 6.07) is 0. The molecule has 1 aliphatic heterocycles. The Morgan fingerprint density at radius 1 is 1.43 bits per heavy atom. The lowest BCUT2D eigenvalue weighted by Gasteiger charge is -2.20. The van der Waals surface area contributed by atoms with Crippen molar-refractivity contribution in [3.63, 3.8) is 0 Å². The van der Waals surface area contributed by atoms with E-state index in [4.69, 9.17) is 4.74 Å². The number of anilines is 2. The number of nitrogens with one attached hydrogen (secondary N) is 1. The number of methoxy groups -OCH3 is 1. The van der Waals surface area contributed by atoms with Gasteiger partial charge in [-0.2, -0.15) is 0 Å². The first-order chi connectivity index (χ1) is 14.4. The number of imidazole rings is 1. The third-order valence-electron chi connectivity index (χ3n) is 5.52. The number of rotatable bonds is 7. The predicted molar refractivity (Wildman–Crippen MR) is 113 cm³/mol. The summed E-state index contributed by atoms with van der Waals surface area (Å²) in [4.78, 5) is 19.5. The average Bonchev–Trinajstić information content (AvgIpc) is 3.44. The summed E-state index contributed by atoms with van der Waals surface area (Å²) in [5.41, 5.74) is 2.56. The molecule has 0 spiro atoms. The van der Waals surface area contributed by atoms with E-state index in [1.165, 1.54) is 6.08 Å². The van der Waals surface area contributed by atoms with E-state index in [0.29, 0.717) is 36.0 Å². The quantitative estimate of drug-likeness (QED) is 0.560. The molecular formula is C20H27N7O3. The Bertz CT molecular complexity index is 1130. The minimum absolute atomic E-state index is 0.133. The Balaban J connectivity index is 1.69. The number of hydrogen-bond acceptors (Lipinski definition) is 7. The Hall–Kier alpha value is -3.11. The van der Waals surface area contributed by atoms with Gasteiger partial charge in [-0.15, -0.1) is 5.10 Å². The van der Waals surface area contributed by atoms with Crippen LogP contribution < -0.4 is 15.7 Å². The lowest BCUT2D eigenvalue weighted by atomic mass is 10.1. The highest BCUT2D eigenvalue weighted by Gasteiger charge is 2.27. The van der Waals surface area contributed by atoms with Crippen LogP contribution in [0.4, 0.5) is 11.4 Å². The van der Waals surface area contributed by atoms with Crippen LogP contribution in [-0.4, -0.2) is 60.2 Å². The maximum Gasteiger partial charge on any atom is 0.334 e. The Morgan fingerprint density at radius 2 is 2.23 bits per heavy atom. The smallest absolute Gasteiger partial charge is 0.334 e. The topological polar surface area (TPSA) is 102 Å². The standard InChI is InChI=1S/C20H27N7O3/c1-5-17(28)25-7-6-14(9-25)10-26-12-15(18-21-8-13(2)27(18)20(26)29)22-16-11-24(3)23-19(16)30-4/h5,8,11-12,14,17,22,28H,1,6-7,9-10H2,2-4H3. The van der Waals surface area contributed by atoms with E-state index in [1.54, 1.807) is 33.2 Å². The van der Waals surface area contributed by atoms with Crippen LogP contribution in [0, 0.1) is 12.8 Å². The first-order valence-electron chi connectivity index (χ1n) is 9.88. The van der Waals surface area contributed by atoms with Crippen molar-refractivity contribution in [2.45, 2.75) is 26.1 Å². The lowest BCUT2D eigenvalue weighted by molar-refractivity contribution is 0.0578. The fourth-order valence-corrected chi connectivity index (χ4v) is 4.01. The van der Waals surface area contributed by atoms with Gasteiger partial charge in [0.15, 0.2) is 5.65 Å². The number of fused-ring (bicyclic) bond motifs is 1. The van der Waals surface area contributed by atoms with Crippen LogP contribution in [0.15, 0.2) is 36.0 Å². The molecule has 160 valence electrons. The molecule has 4 heterocycles. The van der Waals surface area contributed by atoms with E-state index < -0.39 is 6.23 Å². The highest BCUT2D eigenvalue weighted by atomic mass is 16.5. The second-order valence-electron chi connectivity index (χ2n) is 7.69. The molecule has 10 nitrogen and oxygen atoms in total. The lowest BCUT2D eigenvalue weighted by Crippen LogP contribution is -2.33. The average molecular weight is 413 g/mol. The SMILES string of the molecule is C=CC(O)N1CCC(Cn2cc(Nc3cn(C)nc3OC)c3ncc(C)n3c2=O)C1. The molecule has 0 aromatic carbocycles. The van der Waals surface area contributed by atoms with E-state index in [9.17, 15) is 9.90 Å². The number of nitrogens with zero attached hydrogens (tertiary/aromatic N) is 6. The molecular weight excluding hydrogens is 386 g/mol. The molecule has 30 heavy (non-hydrogen) atoms. The van der Waals surface area contributed by atoms with E-state index in [1.807, 2.05) is 25.1 Å². The van der Waals surface area contributed by atoms with Crippen LogP contribution >= 0.6 is 0 Å². The number of aryl methyl sites for hydroxylation is 2. The summed E-state index contributed by atoms with van der Waals surface area (Å²) in [7, 11) is 3.38. The zero-order valence-corrected chi connectivity index (χ0v) is 17.4. The highest BCUT2D eigenvalue weighted by molar-refractivity contribution is 5.74. The van der Waals surface area contributed by atoms with Crippen LogP contribution in [0.3, 0.4) is 0 Å². The number of aromatic nitrogens is 5. The molecule has 4 rings (SSSR count). The van der Waals surface area contributed by atoms with Crippen molar-refractivity contribution >= 4 is 17.0 Å². The van der Waals surface area contributed by atoms with Gasteiger partial charge in [-0.25, -0.2) is 14.2 Å². The maximum atomic E-state index is 13.1. The van der Waals surface area contributed by atoms with Gasteiger partial charge in [-0.05, 0) is 25.3 Å². The van der Waals surface area contributed by atoms with Crippen LogP contribution in [-0.2, 0) is 13.6 Å². The van der Waals surface area contributed by atoms with Crippen LogP contribution in [0.1, 0.15) is 12.1 Å². The summed E-state index contributed by atoms with van der Waals surface area (Å²) < 4.78 is 10.3. The van der Waals surface area contributed by atoms with Gasteiger partial charge in [-0.1, -0.05) is 6.58 Å². The molecule has 0 radical (unpaired) electrons.